The second kappa shape index (κ2) is 8.67. The van der Waals surface area contributed by atoms with Crippen LogP contribution in [0.3, 0.4) is 0 Å². The summed E-state index contributed by atoms with van der Waals surface area (Å²) in [6.07, 6.45) is -4.11. The Morgan fingerprint density at radius 1 is 1.03 bits per heavy atom. The van der Waals surface area contributed by atoms with E-state index in [1.54, 1.807) is 44.4 Å². The van der Waals surface area contributed by atoms with Crippen LogP contribution in [0, 0.1) is 0 Å². The smallest absolute Gasteiger partial charge is 0.406 e. The molecule has 4 rings (SSSR count). The van der Waals surface area contributed by atoms with Gasteiger partial charge in [-0.05, 0) is 55.0 Å². The molecule has 0 fully saturated rings. The number of pyridine rings is 1. The average molecular weight is 472 g/mol. The highest BCUT2D eigenvalue weighted by molar-refractivity contribution is 5.93. The van der Waals surface area contributed by atoms with Crippen molar-refractivity contribution in [1.29, 1.82) is 0 Å². The Kier molecular flexibility index (Phi) is 5.88. The van der Waals surface area contributed by atoms with Gasteiger partial charge in [0.1, 0.15) is 11.4 Å². The lowest BCUT2D eigenvalue weighted by atomic mass is 10.1. The van der Waals surface area contributed by atoms with Crippen molar-refractivity contribution in [2.24, 2.45) is 7.05 Å². The molecule has 176 valence electrons. The molecule has 0 aliphatic heterocycles. The van der Waals surface area contributed by atoms with Gasteiger partial charge in [0.2, 0.25) is 0 Å². The molecule has 0 aliphatic rings. The lowest BCUT2D eigenvalue weighted by Gasteiger charge is -2.15. The van der Waals surface area contributed by atoms with E-state index in [2.05, 4.69) is 15.2 Å². The molecule has 0 spiro atoms. The van der Waals surface area contributed by atoms with E-state index < -0.39 is 23.8 Å². The quantitative estimate of drug-likeness (QED) is 0.459. The van der Waals surface area contributed by atoms with E-state index in [9.17, 15) is 27.9 Å². The molecule has 2 N–H and O–H groups in total. The van der Waals surface area contributed by atoms with Crippen LogP contribution in [-0.4, -0.2) is 25.8 Å². The standard InChI is InChI=1S/C23H19F3N4O4/c1-13(31)14-5-10-17-18(12-14)21(32)30(15-6-8-16(9-7-15)34-23(24,25)26)28-20(17)27-19-4-3-11-29(2)22(19)33/h3-13,31H,1-2H3,(H,27,28). The van der Waals surface area contributed by atoms with Gasteiger partial charge in [-0.1, -0.05) is 12.1 Å². The first-order valence-corrected chi connectivity index (χ1v) is 10.1. The van der Waals surface area contributed by atoms with E-state index in [1.807, 2.05) is 0 Å². The van der Waals surface area contributed by atoms with Crippen molar-refractivity contribution in [2.45, 2.75) is 19.4 Å². The van der Waals surface area contributed by atoms with E-state index in [-0.39, 0.29) is 28.1 Å². The van der Waals surface area contributed by atoms with E-state index in [1.165, 1.54) is 22.8 Å². The zero-order valence-corrected chi connectivity index (χ0v) is 18.0. The number of anilines is 2. The molecule has 4 aromatic rings. The van der Waals surface area contributed by atoms with Gasteiger partial charge in [-0.25, -0.2) is 0 Å². The Morgan fingerprint density at radius 3 is 2.38 bits per heavy atom. The number of aryl methyl sites for hydroxylation is 1. The minimum atomic E-state index is -4.85. The van der Waals surface area contributed by atoms with Gasteiger partial charge < -0.3 is 19.7 Å². The predicted octanol–water partition coefficient (Wildman–Crippen LogP) is 3.78. The molecule has 11 heteroatoms. The van der Waals surface area contributed by atoms with Gasteiger partial charge >= 0.3 is 6.36 Å². The lowest BCUT2D eigenvalue weighted by Crippen LogP contribution is -2.24. The summed E-state index contributed by atoms with van der Waals surface area (Å²) in [5.41, 5.74) is -0.0266. The van der Waals surface area contributed by atoms with Gasteiger partial charge in [0.05, 0.1) is 17.2 Å². The first-order chi connectivity index (χ1) is 16.0. The van der Waals surface area contributed by atoms with Crippen LogP contribution in [0.5, 0.6) is 5.75 Å². The number of aliphatic hydroxyl groups excluding tert-OH is 1. The van der Waals surface area contributed by atoms with Crippen LogP contribution in [0.4, 0.5) is 24.7 Å². The zero-order chi connectivity index (χ0) is 24.6. The number of aromatic nitrogens is 3. The van der Waals surface area contributed by atoms with E-state index in [0.717, 1.165) is 16.8 Å². The van der Waals surface area contributed by atoms with Gasteiger partial charge in [0.25, 0.3) is 11.1 Å². The van der Waals surface area contributed by atoms with Crippen LogP contribution in [0.1, 0.15) is 18.6 Å². The van der Waals surface area contributed by atoms with Crippen LogP contribution in [0.15, 0.2) is 70.4 Å². The minimum absolute atomic E-state index is 0.172. The number of ether oxygens (including phenoxy) is 1. The number of nitrogens with zero attached hydrogens (tertiary/aromatic N) is 3. The number of hydrogen-bond acceptors (Lipinski definition) is 6. The van der Waals surface area contributed by atoms with Crippen LogP contribution in [0.2, 0.25) is 0 Å². The third-order valence-corrected chi connectivity index (χ3v) is 5.10. The number of rotatable bonds is 5. The molecule has 0 amide bonds. The largest absolute Gasteiger partial charge is 0.573 e. The first-order valence-electron chi connectivity index (χ1n) is 10.1. The lowest BCUT2D eigenvalue weighted by molar-refractivity contribution is -0.274. The number of aliphatic hydroxyl groups is 1. The Balaban J connectivity index is 1.89. The molecule has 0 saturated heterocycles. The highest BCUT2D eigenvalue weighted by Gasteiger charge is 2.31. The van der Waals surface area contributed by atoms with Crippen LogP contribution < -0.4 is 21.2 Å². The van der Waals surface area contributed by atoms with Crippen LogP contribution in [-0.2, 0) is 7.05 Å². The highest BCUT2D eigenvalue weighted by Crippen LogP contribution is 2.27. The molecular weight excluding hydrogens is 453 g/mol. The van der Waals surface area contributed by atoms with Crippen molar-refractivity contribution < 1.29 is 23.0 Å². The Hall–Kier alpha value is -4.12. The molecule has 0 radical (unpaired) electrons. The van der Waals surface area contributed by atoms with Crippen LogP contribution in [0.25, 0.3) is 16.5 Å². The summed E-state index contributed by atoms with van der Waals surface area (Å²) in [7, 11) is 1.58. The topological polar surface area (TPSA) is 98.4 Å². The van der Waals surface area contributed by atoms with E-state index >= 15 is 0 Å². The summed E-state index contributed by atoms with van der Waals surface area (Å²) in [4.78, 5) is 25.7. The van der Waals surface area contributed by atoms with Crippen molar-refractivity contribution in [3.8, 4) is 11.4 Å². The molecule has 2 aromatic heterocycles. The number of benzene rings is 2. The van der Waals surface area contributed by atoms with Crippen LogP contribution >= 0.6 is 0 Å². The molecule has 2 heterocycles. The van der Waals surface area contributed by atoms with E-state index in [4.69, 9.17) is 0 Å². The average Bonchev–Trinajstić information content (AvgIpc) is 2.78. The van der Waals surface area contributed by atoms with Gasteiger partial charge in [0, 0.05) is 18.6 Å². The fourth-order valence-electron chi connectivity index (χ4n) is 3.39. The molecular formula is C23H19F3N4O4. The second-order valence-electron chi connectivity index (χ2n) is 7.55. The van der Waals surface area contributed by atoms with Gasteiger partial charge in [-0.3, -0.25) is 9.59 Å². The zero-order valence-electron chi connectivity index (χ0n) is 18.0. The Labute approximate surface area is 190 Å². The normalized spacial score (nSPS) is 12.5. The summed E-state index contributed by atoms with van der Waals surface area (Å²) < 4.78 is 43.7. The van der Waals surface area contributed by atoms with Crippen molar-refractivity contribution >= 4 is 22.3 Å². The van der Waals surface area contributed by atoms with Gasteiger partial charge in [0.15, 0.2) is 5.82 Å². The first kappa shape index (κ1) is 23.1. The van der Waals surface area contributed by atoms with E-state index in [0.29, 0.717) is 10.9 Å². The third kappa shape index (κ3) is 4.64. The number of nitrogens with one attached hydrogen (secondary N) is 1. The SMILES string of the molecule is CC(O)c1ccc2c(Nc3cccn(C)c3=O)nn(-c3ccc(OC(F)(F)F)cc3)c(=O)c2c1. The highest BCUT2D eigenvalue weighted by atomic mass is 19.4. The maximum atomic E-state index is 13.3. The molecule has 0 aliphatic carbocycles. The molecule has 0 bridgehead atoms. The summed E-state index contributed by atoms with van der Waals surface area (Å²) in [5.74, 6) is -0.279. The van der Waals surface area contributed by atoms with Crippen molar-refractivity contribution in [2.75, 3.05) is 5.32 Å². The third-order valence-electron chi connectivity index (χ3n) is 5.10. The Bertz CT molecular complexity index is 1480. The summed E-state index contributed by atoms with van der Waals surface area (Å²) in [6, 6.07) is 12.6. The maximum absolute atomic E-state index is 13.3. The number of fused-ring (bicyclic) bond motifs is 1. The second-order valence-corrected chi connectivity index (χ2v) is 7.55. The fraction of sp³-hybridized carbons (Fsp3) is 0.174. The summed E-state index contributed by atoms with van der Waals surface area (Å²) in [5, 5.41) is 17.8. The summed E-state index contributed by atoms with van der Waals surface area (Å²) >= 11 is 0. The van der Waals surface area contributed by atoms with Crippen molar-refractivity contribution in [3.63, 3.8) is 0 Å². The molecule has 34 heavy (non-hydrogen) atoms. The maximum Gasteiger partial charge on any atom is 0.573 e. The van der Waals surface area contributed by atoms with Crippen molar-refractivity contribution in [3.05, 3.63) is 87.1 Å². The molecule has 8 nitrogen and oxygen atoms in total. The molecule has 1 unspecified atom stereocenters. The number of alkyl halides is 3. The minimum Gasteiger partial charge on any atom is -0.406 e. The number of hydrogen-bond donors (Lipinski definition) is 2. The predicted molar refractivity (Wildman–Crippen MR) is 120 cm³/mol. The molecule has 2 aromatic carbocycles. The Morgan fingerprint density at radius 2 is 1.74 bits per heavy atom. The fourth-order valence-corrected chi connectivity index (χ4v) is 3.39. The monoisotopic (exact) mass is 472 g/mol. The van der Waals surface area contributed by atoms with Gasteiger partial charge in [-0.2, -0.15) is 4.68 Å². The van der Waals surface area contributed by atoms with Gasteiger partial charge in [-0.15, -0.1) is 18.3 Å². The molecule has 1 atom stereocenters. The van der Waals surface area contributed by atoms with Crippen molar-refractivity contribution in [1.82, 2.24) is 14.3 Å². The number of halogens is 3. The molecule has 0 saturated carbocycles. The summed E-state index contributed by atoms with van der Waals surface area (Å²) in [6.45, 7) is 1.55.